The molecular weight excluding hydrogens is 328 g/mol. The first kappa shape index (κ1) is 18.6. The molecule has 25 heavy (non-hydrogen) atoms. The van der Waals surface area contributed by atoms with Gasteiger partial charge >= 0.3 is 0 Å². The minimum atomic E-state index is 0.192. The molecule has 0 amide bonds. The van der Waals surface area contributed by atoms with E-state index < -0.39 is 0 Å². The Bertz CT molecular complexity index is 634. The molecule has 2 unspecified atom stereocenters. The van der Waals surface area contributed by atoms with Crippen LogP contribution in [0, 0.1) is 29.1 Å². The van der Waals surface area contributed by atoms with Crippen LogP contribution in [0.1, 0.15) is 60.3 Å². The van der Waals surface area contributed by atoms with Gasteiger partial charge in [-0.25, -0.2) is 4.98 Å². The summed E-state index contributed by atoms with van der Waals surface area (Å²) in [5.74, 6) is 3.00. The second kappa shape index (κ2) is 7.22. The van der Waals surface area contributed by atoms with Gasteiger partial charge < -0.3 is 4.74 Å². The van der Waals surface area contributed by atoms with Crippen molar-refractivity contribution in [1.82, 2.24) is 9.55 Å². The summed E-state index contributed by atoms with van der Waals surface area (Å²) in [5.41, 5.74) is 1.92. The number of rotatable bonds is 3. The van der Waals surface area contributed by atoms with Crippen molar-refractivity contribution in [2.75, 3.05) is 0 Å². The zero-order valence-electron chi connectivity index (χ0n) is 16.2. The standard InChI is InChI=1S/C21H32N2OS/c1-14(2)18-7-6-16-12-17(24-20(25)23-11-10-22-13-23)8-9-21(16,5)19(18)15(3)4/h6,10-11,13-15,17-19H,7-9,12H2,1-5H3/t17-,18?,19?,21-/m0/s1. The maximum atomic E-state index is 6.11. The lowest BCUT2D eigenvalue weighted by molar-refractivity contribution is 0.0175. The van der Waals surface area contributed by atoms with E-state index >= 15 is 0 Å². The van der Waals surface area contributed by atoms with Crippen LogP contribution < -0.4 is 0 Å². The van der Waals surface area contributed by atoms with Crippen LogP contribution >= 0.6 is 12.2 Å². The number of fused-ring (bicyclic) bond motifs is 1. The fraction of sp³-hybridized carbons (Fsp3) is 0.714. The molecule has 1 heterocycles. The molecule has 0 aromatic carbocycles. The molecule has 138 valence electrons. The Morgan fingerprint density at radius 1 is 1.32 bits per heavy atom. The van der Waals surface area contributed by atoms with Crippen LogP contribution in [0.4, 0.5) is 0 Å². The van der Waals surface area contributed by atoms with Crippen molar-refractivity contribution < 1.29 is 4.74 Å². The second-order valence-electron chi connectivity index (χ2n) is 8.78. The molecule has 4 atom stereocenters. The first-order valence-electron chi connectivity index (χ1n) is 9.71. The molecule has 0 radical (unpaired) electrons. The molecule has 0 bridgehead atoms. The predicted molar refractivity (Wildman–Crippen MR) is 106 cm³/mol. The van der Waals surface area contributed by atoms with Crippen molar-refractivity contribution >= 4 is 17.4 Å². The fourth-order valence-corrected chi connectivity index (χ4v) is 5.63. The van der Waals surface area contributed by atoms with E-state index in [1.54, 1.807) is 22.7 Å². The third-order valence-corrected chi connectivity index (χ3v) is 6.86. The van der Waals surface area contributed by atoms with Gasteiger partial charge in [0.2, 0.25) is 0 Å². The summed E-state index contributed by atoms with van der Waals surface area (Å²) in [6, 6.07) is 0. The molecule has 1 fully saturated rings. The van der Waals surface area contributed by atoms with E-state index in [0.717, 1.165) is 30.6 Å². The number of imidazole rings is 1. The molecule has 2 aliphatic carbocycles. The zero-order valence-corrected chi connectivity index (χ0v) is 17.1. The van der Waals surface area contributed by atoms with Gasteiger partial charge in [-0.3, -0.25) is 4.57 Å². The van der Waals surface area contributed by atoms with Crippen molar-refractivity contribution in [2.24, 2.45) is 29.1 Å². The maximum absolute atomic E-state index is 6.11. The smallest absolute Gasteiger partial charge is 0.269 e. The molecule has 1 aromatic rings. The van der Waals surface area contributed by atoms with Gasteiger partial charge in [0.05, 0.1) is 0 Å². The van der Waals surface area contributed by atoms with Crippen LogP contribution in [0.5, 0.6) is 0 Å². The van der Waals surface area contributed by atoms with Crippen LogP contribution in [-0.4, -0.2) is 20.8 Å². The highest BCUT2D eigenvalue weighted by Crippen LogP contribution is 2.56. The first-order chi connectivity index (χ1) is 11.8. The van der Waals surface area contributed by atoms with E-state index in [4.69, 9.17) is 17.0 Å². The average Bonchev–Trinajstić information content (AvgIpc) is 3.08. The topological polar surface area (TPSA) is 27.1 Å². The van der Waals surface area contributed by atoms with Gasteiger partial charge in [-0.15, -0.1) is 0 Å². The number of hydrogen-bond donors (Lipinski definition) is 0. The Labute approximate surface area is 157 Å². The molecule has 3 rings (SSSR count). The van der Waals surface area contributed by atoms with Crippen molar-refractivity contribution in [2.45, 2.75) is 66.4 Å². The monoisotopic (exact) mass is 360 g/mol. The third kappa shape index (κ3) is 3.55. The zero-order chi connectivity index (χ0) is 18.2. The lowest BCUT2D eigenvalue weighted by atomic mass is 9.52. The van der Waals surface area contributed by atoms with E-state index in [2.05, 4.69) is 45.7 Å². The minimum Gasteiger partial charge on any atom is -0.467 e. The highest BCUT2D eigenvalue weighted by molar-refractivity contribution is 7.80. The largest absolute Gasteiger partial charge is 0.467 e. The van der Waals surface area contributed by atoms with Gasteiger partial charge in [-0.1, -0.05) is 46.3 Å². The molecule has 1 aromatic heterocycles. The minimum absolute atomic E-state index is 0.192. The van der Waals surface area contributed by atoms with Gasteiger partial charge in [0, 0.05) is 18.8 Å². The molecule has 1 saturated carbocycles. The number of ether oxygens (including phenoxy) is 1. The number of nitrogens with zero attached hydrogens (tertiary/aromatic N) is 2. The van der Waals surface area contributed by atoms with E-state index in [1.807, 2.05) is 6.20 Å². The van der Waals surface area contributed by atoms with Gasteiger partial charge in [0.1, 0.15) is 12.4 Å². The highest BCUT2D eigenvalue weighted by atomic mass is 32.1. The lowest BCUT2D eigenvalue weighted by Gasteiger charge is -2.53. The van der Waals surface area contributed by atoms with E-state index in [1.165, 1.54) is 12.8 Å². The van der Waals surface area contributed by atoms with Crippen LogP contribution in [0.15, 0.2) is 30.4 Å². The van der Waals surface area contributed by atoms with Gasteiger partial charge in [0.25, 0.3) is 5.17 Å². The van der Waals surface area contributed by atoms with Crippen LogP contribution in [0.25, 0.3) is 0 Å². The first-order valence-corrected chi connectivity index (χ1v) is 10.1. The second-order valence-corrected chi connectivity index (χ2v) is 9.13. The SMILES string of the molecule is CC(C)C1CC=C2C[C@@H](OC(=S)n3ccnc3)CC[C@]2(C)C1C(C)C. The quantitative estimate of drug-likeness (QED) is 0.528. The normalized spacial score (nSPS) is 32.4. The maximum Gasteiger partial charge on any atom is 0.269 e. The summed E-state index contributed by atoms with van der Waals surface area (Å²) in [7, 11) is 0. The Morgan fingerprint density at radius 2 is 2.08 bits per heavy atom. The number of hydrogen-bond acceptors (Lipinski definition) is 3. The molecule has 3 nitrogen and oxygen atoms in total. The lowest BCUT2D eigenvalue weighted by Crippen LogP contribution is -2.46. The predicted octanol–water partition coefficient (Wildman–Crippen LogP) is 5.47. The number of allylic oxidation sites excluding steroid dienone is 1. The number of aromatic nitrogens is 2. The van der Waals surface area contributed by atoms with Crippen molar-refractivity contribution in [3.63, 3.8) is 0 Å². The molecular formula is C21H32N2OS. The van der Waals surface area contributed by atoms with Gasteiger partial charge in [-0.05, 0) is 60.6 Å². The molecule has 4 heteroatoms. The molecule has 0 N–H and O–H groups in total. The Hall–Kier alpha value is -1.16. The third-order valence-electron chi connectivity index (χ3n) is 6.56. The summed E-state index contributed by atoms with van der Waals surface area (Å²) in [5, 5.41) is 0.517. The molecule has 0 saturated heterocycles. The van der Waals surface area contributed by atoms with Gasteiger partial charge in [0.15, 0.2) is 0 Å². The Kier molecular flexibility index (Phi) is 5.38. The highest BCUT2D eigenvalue weighted by Gasteiger charge is 2.48. The van der Waals surface area contributed by atoms with Crippen LogP contribution in [-0.2, 0) is 4.74 Å². The van der Waals surface area contributed by atoms with Crippen molar-refractivity contribution in [1.29, 1.82) is 0 Å². The van der Waals surface area contributed by atoms with Gasteiger partial charge in [-0.2, -0.15) is 0 Å². The summed E-state index contributed by atoms with van der Waals surface area (Å²) in [4.78, 5) is 4.05. The van der Waals surface area contributed by atoms with Crippen LogP contribution in [0.2, 0.25) is 0 Å². The molecule has 0 aliphatic heterocycles. The summed E-state index contributed by atoms with van der Waals surface area (Å²) in [6.45, 7) is 12.1. The summed E-state index contributed by atoms with van der Waals surface area (Å²) in [6.07, 6.45) is 12.5. The van der Waals surface area contributed by atoms with E-state index in [0.29, 0.717) is 16.5 Å². The number of thiocarbonyl (C=S) groups is 1. The fourth-order valence-electron chi connectivity index (χ4n) is 5.38. The Balaban J connectivity index is 1.76. The summed E-state index contributed by atoms with van der Waals surface area (Å²) >= 11 is 5.43. The van der Waals surface area contributed by atoms with Crippen LogP contribution in [0.3, 0.4) is 0 Å². The molecule has 2 aliphatic rings. The van der Waals surface area contributed by atoms with E-state index in [-0.39, 0.29) is 6.10 Å². The van der Waals surface area contributed by atoms with Crippen molar-refractivity contribution in [3.05, 3.63) is 30.4 Å². The van der Waals surface area contributed by atoms with Crippen molar-refractivity contribution in [3.8, 4) is 0 Å². The molecule has 0 spiro atoms. The summed E-state index contributed by atoms with van der Waals surface area (Å²) < 4.78 is 7.90. The van der Waals surface area contributed by atoms with E-state index in [9.17, 15) is 0 Å². The average molecular weight is 361 g/mol. The Morgan fingerprint density at radius 3 is 2.68 bits per heavy atom.